The molecule has 0 radical (unpaired) electrons. The summed E-state index contributed by atoms with van der Waals surface area (Å²) in [6.45, 7) is 4.22. The Morgan fingerprint density at radius 2 is 1.96 bits per heavy atom. The number of ether oxygens (including phenoxy) is 1. The van der Waals surface area contributed by atoms with E-state index in [0.717, 1.165) is 36.8 Å². The quantitative estimate of drug-likeness (QED) is 0.663. The largest absolute Gasteiger partial charge is 0.508 e. The number of phenolic OH excluding ortho intramolecular Hbond substituents is 1. The predicted molar refractivity (Wildman–Crippen MR) is 104 cm³/mol. The van der Waals surface area contributed by atoms with E-state index < -0.39 is 13.9 Å². The number of aryl methyl sites for hydroxylation is 2. The number of fused-ring (bicyclic) bond motifs is 1. The molecule has 0 aliphatic heterocycles. The van der Waals surface area contributed by atoms with E-state index in [-0.39, 0.29) is 11.3 Å². The molecule has 2 aliphatic rings. The zero-order chi connectivity index (χ0) is 19.4. The van der Waals surface area contributed by atoms with Crippen LogP contribution in [0, 0.1) is 6.92 Å². The number of rotatable bonds is 5. The number of phenols is 1. The van der Waals surface area contributed by atoms with Gasteiger partial charge in [-0.05, 0) is 78.5 Å². The zero-order valence-electron chi connectivity index (χ0n) is 15.6. The minimum atomic E-state index is -4.19. The van der Waals surface area contributed by atoms with Gasteiger partial charge < -0.3 is 19.6 Å². The molecule has 2 aliphatic carbocycles. The van der Waals surface area contributed by atoms with Crippen LogP contribution >= 0.6 is 7.60 Å². The lowest BCUT2D eigenvalue weighted by Crippen LogP contribution is -2.05. The van der Waals surface area contributed by atoms with Crippen molar-refractivity contribution in [2.75, 3.05) is 6.35 Å². The smallest absolute Gasteiger partial charge is 0.362 e. The van der Waals surface area contributed by atoms with Gasteiger partial charge >= 0.3 is 7.60 Å². The highest BCUT2D eigenvalue weighted by molar-refractivity contribution is 7.51. The highest BCUT2D eigenvalue weighted by atomic mass is 31.2. The standard InChI is InChI=1S/C21H25O5P/c1-13-9-16(26-12-27(23,24)25)10-15-3-5-17(20(13)15)14-4-6-19(22)18(11-14)21(2)7-8-21/h4,6,9-11,17,22H,3,5,7-8,12H2,1-2H3,(H2,23,24,25). The fourth-order valence-corrected chi connectivity index (χ4v) is 4.59. The Labute approximate surface area is 159 Å². The van der Waals surface area contributed by atoms with E-state index in [2.05, 4.69) is 13.0 Å². The molecule has 3 N–H and O–H groups in total. The van der Waals surface area contributed by atoms with Crippen molar-refractivity contribution >= 4 is 7.60 Å². The minimum absolute atomic E-state index is 0.108. The molecule has 0 aromatic heterocycles. The molecular formula is C21H25O5P. The summed E-state index contributed by atoms with van der Waals surface area (Å²) in [5, 5.41) is 10.3. The molecule has 144 valence electrons. The van der Waals surface area contributed by atoms with Crippen LogP contribution in [0.2, 0.25) is 0 Å². The number of benzene rings is 2. The second-order valence-corrected chi connectivity index (χ2v) is 9.77. The molecule has 0 spiro atoms. The van der Waals surface area contributed by atoms with Gasteiger partial charge in [-0.25, -0.2) is 0 Å². The molecule has 2 aromatic rings. The molecule has 0 saturated heterocycles. The normalized spacial score (nSPS) is 20.4. The Morgan fingerprint density at radius 3 is 2.63 bits per heavy atom. The Kier molecular flexibility index (Phi) is 4.38. The van der Waals surface area contributed by atoms with Crippen molar-refractivity contribution in [2.45, 2.75) is 50.9 Å². The summed E-state index contributed by atoms with van der Waals surface area (Å²) < 4.78 is 16.4. The van der Waals surface area contributed by atoms with Crippen molar-refractivity contribution in [1.82, 2.24) is 0 Å². The first-order chi connectivity index (χ1) is 12.7. The number of aromatic hydroxyl groups is 1. The van der Waals surface area contributed by atoms with Crippen LogP contribution in [0.4, 0.5) is 0 Å². The van der Waals surface area contributed by atoms with Gasteiger partial charge in [0.2, 0.25) is 0 Å². The van der Waals surface area contributed by atoms with E-state index in [1.165, 1.54) is 16.7 Å². The van der Waals surface area contributed by atoms with Crippen molar-refractivity contribution in [1.29, 1.82) is 0 Å². The maximum atomic E-state index is 11.1. The molecule has 1 unspecified atom stereocenters. The lowest BCUT2D eigenvalue weighted by atomic mass is 9.86. The Morgan fingerprint density at radius 1 is 1.22 bits per heavy atom. The van der Waals surface area contributed by atoms with Crippen LogP contribution in [-0.2, 0) is 16.4 Å². The second-order valence-electron chi connectivity index (χ2n) is 8.18. The fraction of sp³-hybridized carbons (Fsp3) is 0.429. The molecule has 1 fully saturated rings. The lowest BCUT2D eigenvalue weighted by molar-refractivity contribution is 0.300. The molecule has 1 atom stereocenters. The van der Waals surface area contributed by atoms with E-state index in [1.807, 2.05) is 31.2 Å². The van der Waals surface area contributed by atoms with Crippen LogP contribution in [0.15, 0.2) is 30.3 Å². The molecule has 6 heteroatoms. The molecule has 27 heavy (non-hydrogen) atoms. The van der Waals surface area contributed by atoms with Gasteiger partial charge in [0.1, 0.15) is 11.5 Å². The first-order valence-corrected chi connectivity index (χ1v) is 11.1. The molecule has 1 saturated carbocycles. The summed E-state index contributed by atoms with van der Waals surface area (Å²) in [5.74, 6) is 1.17. The fourth-order valence-electron chi connectivity index (χ4n) is 4.27. The molecule has 4 rings (SSSR count). The molecule has 5 nitrogen and oxygen atoms in total. The SMILES string of the molecule is Cc1cc(OCP(=O)(O)O)cc2c1C(c1ccc(O)c(C3(C)CC3)c1)CC2. The monoisotopic (exact) mass is 388 g/mol. The van der Waals surface area contributed by atoms with Crippen LogP contribution in [0.5, 0.6) is 11.5 Å². The molecule has 0 bridgehead atoms. The van der Waals surface area contributed by atoms with Crippen LogP contribution in [0.1, 0.15) is 59.9 Å². The van der Waals surface area contributed by atoms with Crippen LogP contribution in [0.25, 0.3) is 0 Å². The van der Waals surface area contributed by atoms with Gasteiger partial charge in [-0.3, -0.25) is 4.57 Å². The Hall–Kier alpha value is -1.81. The maximum Gasteiger partial charge on any atom is 0.362 e. The summed E-state index contributed by atoms with van der Waals surface area (Å²) in [5.41, 5.74) is 5.90. The van der Waals surface area contributed by atoms with E-state index in [9.17, 15) is 9.67 Å². The average Bonchev–Trinajstić information content (AvgIpc) is 3.18. The van der Waals surface area contributed by atoms with Crippen LogP contribution in [-0.4, -0.2) is 21.2 Å². The lowest BCUT2D eigenvalue weighted by Gasteiger charge is -2.19. The van der Waals surface area contributed by atoms with E-state index in [4.69, 9.17) is 14.5 Å². The van der Waals surface area contributed by atoms with Gasteiger partial charge in [-0.15, -0.1) is 0 Å². The van der Waals surface area contributed by atoms with Crippen LogP contribution in [0.3, 0.4) is 0 Å². The van der Waals surface area contributed by atoms with Gasteiger partial charge in [0.15, 0.2) is 6.35 Å². The topological polar surface area (TPSA) is 87.0 Å². The van der Waals surface area contributed by atoms with Crippen molar-refractivity contribution in [3.63, 3.8) is 0 Å². The highest BCUT2D eigenvalue weighted by Crippen LogP contribution is 2.52. The van der Waals surface area contributed by atoms with Gasteiger partial charge in [-0.2, -0.15) is 0 Å². The van der Waals surface area contributed by atoms with E-state index >= 15 is 0 Å². The van der Waals surface area contributed by atoms with Crippen molar-refractivity contribution in [3.8, 4) is 11.5 Å². The summed E-state index contributed by atoms with van der Waals surface area (Å²) in [7, 11) is -4.19. The minimum Gasteiger partial charge on any atom is -0.508 e. The Balaban J connectivity index is 1.65. The third-order valence-corrected chi connectivity index (χ3v) is 6.43. The number of hydrogen-bond donors (Lipinski definition) is 3. The third-order valence-electron chi connectivity index (χ3n) is 5.97. The molecule has 0 amide bonds. The van der Waals surface area contributed by atoms with Gasteiger partial charge in [-0.1, -0.05) is 19.1 Å². The summed E-state index contributed by atoms with van der Waals surface area (Å²) in [6.07, 6.45) is 3.52. The van der Waals surface area contributed by atoms with Gasteiger partial charge in [0.05, 0.1) is 0 Å². The van der Waals surface area contributed by atoms with Gasteiger partial charge in [0.25, 0.3) is 0 Å². The van der Waals surface area contributed by atoms with Crippen molar-refractivity contribution in [3.05, 3.63) is 58.1 Å². The molecular weight excluding hydrogens is 363 g/mol. The van der Waals surface area contributed by atoms with E-state index in [1.54, 1.807) is 0 Å². The summed E-state index contributed by atoms with van der Waals surface area (Å²) >= 11 is 0. The summed E-state index contributed by atoms with van der Waals surface area (Å²) in [6, 6.07) is 9.76. The summed E-state index contributed by atoms with van der Waals surface area (Å²) in [4.78, 5) is 18.0. The van der Waals surface area contributed by atoms with E-state index in [0.29, 0.717) is 11.5 Å². The van der Waals surface area contributed by atoms with Gasteiger partial charge in [0, 0.05) is 11.5 Å². The zero-order valence-corrected chi connectivity index (χ0v) is 16.5. The Bertz CT molecular complexity index is 942. The second kappa shape index (κ2) is 6.37. The van der Waals surface area contributed by atoms with Crippen LogP contribution < -0.4 is 4.74 Å². The van der Waals surface area contributed by atoms with Crippen molar-refractivity contribution < 1.29 is 24.2 Å². The molecule has 0 heterocycles. The third kappa shape index (κ3) is 3.64. The average molecular weight is 388 g/mol. The molecule has 2 aromatic carbocycles. The maximum absolute atomic E-state index is 11.1. The number of hydrogen-bond acceptors (Lipinski definition) is 3. The van der Waals surface area contributed by atoms with Crippen molar-refractivity contribution in [2.24, 2.45) is 0 Å². The highest BCUT2D eigenvalue weighted by Gasteiger charge is 2.41. The predicted octanol–water partition coefficient (Wildman–Crippen LogP) is 4.34. The first-order valence-electron chi connectivity index (χ1n) is 9.30. The first kappa shape index (κ1) is 18.5.